The Kier molecular flexibility index (Phi) is 6.40. The second-order valence-electron chi connectivity index (χ2n) is 8.87. The molecule has 3 atom stereocenters. The lowest BCUT2D eigenvalue weighted by Crippen LogP contribution is -2.49. The minimum atomic E-state index is -1.19. The van der Waals surface area contributed by atoms with Crippen molar-refractivity contribution in [1.82, 2.24) is 4.98 Å². The summed E-state index contributed by atoms with van der Waals surface area (Å²) in [6, 6.07) is 22.9. The van der Waals surface area contributed by atoms with Crippen LogP contribution in [0, 0.1) is 6.92 Å². The maximum absolute atomic E-state index is 13.5. The number of hydrogen-bond acceptors (Lipinski definition) is 6. The van der Waals surface area contributed by atoms with Crippen molar-refractivity contribution >= 4 is 23.3 Å². The summed E-state index contributed by atoms with van der Waals surface area (Å²) in [5, 5.41) is 6.41. The summed E-state index contributed by atoms with van der Waals surface area (Å²) in [7, 11) is 1.31. The lowest BCUT2D eigenvalue weighted by atomic mass is 9.78. The van der Waals surface area contributed by atoms with Crippen molar-refractivity contribution in [2.75, 3.05) is 17.7 Å². The Morgan fingerprint density at radius 2 is 1.75 bits per heavy atom. The molecule has 0 saturated heterocycles. The third kappa shape index (κ3) is 4.41. The van der Waals surface area contributed by atoms with Crippen molar-refractivity contribution in [2.24, 2.45) is 0 Å². The molecule has 1 aromatic heterocycles. The van der Waals surface area contributed by atoms with Gasteiger partial charge in [0, 0.05) is 11.4 Å². The van der Waals surface area contributed by atoms with E-state index in [9.17, 15) is 9.59 Å². The molecule has 3 heterocycles. The molecule has 0 saturated carbocycles. The summed E-state index contributed by atoms with van der Waals surface area (Å²) in [5.74, 6) is -1.02. The summed E-state index contributed by atoms with van der Waals surface area (Å²) >= 11 is 0. The number of esters is 1. The molecule has 2 aliphatic heterocycles. The van der Waals surface area contributed by atoms with Crippen LogP contribution >= 0.6 is 0 Å². The predicted octanol–water partition coefficient (Wildman–Crippen LogP) is 4.23. The van der Waals surface area contributed by atoms with E-state index in [1.54, 1.807) is 12.3 Å². The molecule has 0 radical (unpaired) electrons. The van der Waals surface area contributed by atoms with Crippen LogP contribution in [0.2, 0.25) is 0 Å². The number of aryl methyl sites for hydroxylation is 1. The first-order valence-corrected chi connectivity index (χ1v) is 11.8. The highest BCUT2D eigenvalue weighted by Crippen LogP contribution is 2.47. The summed E-state index contributed by atoms with van der Waals surface area (Å²) in [6.45, 7) is 1.87. The number of hydrogen-bond donors (Lipinski definition) is 2. The van der Waals surface area contributed by atoms with Crippen LogP contribution in [0.25, 0.3) is 0 Å². The predicted molar refractivity (Wildman–Crippen MR) is 137 cm³/mol. The van der Waals surface area contributed by atoms with Crippen LogP contribution in [-0.4, -0.2) is 41.7 Å². The molecule has 5 rings (SSSR count). The van der Waals surface area contributed by atoms with Crippen molar-refractivity contribution in [1.29, 1.82) is 0 Å². The topological polar surface area (TPSA) is 89.6 Å². The van der Waals surface area contributed by atoms with Gasteiger partial charge in [0.25, 0.3) is 5.91 Å². The van der Waals surface area contributed by atoms with E-state index in [0.29, 0.717) is 12.1 Å². The molecule has 3 aromatic rings. The number of carbonyl (C=O) groups is 2. The second-order valence-corrected chi connectivity index (χ2v) is 8.87. The summed E-state index contributed by atoms with van der Waals surface area (Å²) in [5.41, 5.74) is 2.57. The lowest BCUT2D eigenvalue weighted by Gasteiger charge is -2.36. The number of nitrogens with one attached hydrogen (secondary N) is 2. The standard InChI is InChI=1S/C29H27N3O4/c1-19-13-14-22(18-30-19)32-27(33)25-23-15-16-29(36-23,26(25)28(34)35-2)24(17-20-9-5-3-6-10-20)31-21-11-7-4-8-12-21/h3-16,18,23-24,31H,17H2,1-2H3,(H,32,33). The number of anilines is 2. The molecule has 182 valence electrons. The third-order valence-electron chi connectivity index (χ3n) is 6.50. The van der Waals surface area contributed by atoms with Crippen LogP contribution in [0.5, 0.6) is 0 Å². The SMILES string of the molecule is COC(=O)C1=C(C(=O)Nc2ccc(C)nc2)C2C=CC1(C(Cc1ccccc1)Nc1ccccc1)O2. The van der Waals surface area contributed by atoms with Gasteiger partial charge in [0.15, 0.2) is 0 Å². The van der Waals surface area contributed by atoms with Gasteiger partial charge in [-0.15, -0.1) is 0 Å². The van der Waals surface area contributed by atoms with Crippen LogP contribution in [-0.2, 0) is 25.5 Å². The third-order valence-corrected chi connectivity index (χ3v) is 6.50. The second kappa shape index (κ2) is 9.79. The molecule has 0 spiro atoms. The molecule has 1 amide bonds. The highest BCUT2D eigenvalue weighted by atomic mass is 16.5. The van der Waals surface area contributed by atoms with Crippen LogP contribution in [0.1, 0.15) is 11.3 Å². The molecular formula is C29H27N3O4. The highest BCUT2D eigenvalue weighted by molar-refractivity contribution is 6.12. The van der Waals surface area contributed by atoms with Crippen LogP contribution in [0.3, 0.4) is 0 Å². The number of aromatic nitrogens is 1. The van der Waals surface area contributed by atoms with Crippen molar-refractivity contribution in [3.63, 3.8) is 0 Å². The van der Waals surface area contributed by atoms with Crippen LogP contribution < -0.4 is 10.6 Å². The Labute approximate surface area is 209 Å². The molecule has 36 heavy (non-hydrogen) atoms. The number of methoxy groups -OCH3 is 1. The maximum atomic E-state index is 13.5. The molecule has 7 nitrogen and oxygen atoms in total. The average molecular weight is 482 g/mol. The number of benzene rings is 2. The zero-order valence-corrected chi connectivity index (χ0v) is 20.1. The van der Waals surface area contributed by atoms with Gasteiger partial charge in [-0.25, -0.2) is 4.79 Å². The number of rotatable bonds is 8. The Bertz CT molecular complexity index is 1280. The lowest BCUT2D eigenvalue weighted by molar-refractivity contribution is -0.138. The van der Waals surface area contributed by atoms with Gasteiger partial charge in [0.05, 0.1) is 36.2 Å². The van der Waals surface area contributed by atoms with E-state index >= 15 is 0 Å². The maximum Gasteiger partial charge on any atom is 0.337 e. The number of carbonyl (C=O) groups excluding carboxylic acids is 2. The fourth-order valence-electron chi connectivity index (χ4n) is 4.79. The average Bonchev–Trinajstić information content (AvgIpc) is 3.49. The van der Waals surface area contributed by atoms with E-state index in [1.807, 2.05) is 85.8 Å². The number of fused-ring (bicyclic) bond motifs is 2. The zero-order chi connectivity index (χ0) is 25.1. The fraction of sp³-hybridized carbons (Fsp3) is 0.207. The monoisotopic (exact) mass is 481 g/mol. The van der Waals surface area contributed by atoms with Gasteiger partial charge < -0.3 is 20.1 Å². The van der Waals surface area contributed by atoms with Crippen molar-refractivity contribution in [3.8, 4) is 0 Å². The smallest absolute Gasteiger partial charge is 0.337 e. The van der Waals surface area contributed by atoms with E-state index < -0.39 is 29.6 Å². The van der Waals surface area contributed by atoms with Gasteiger partial charge in [0.2, 0.25) is 0 Å². The number of pyridine rings is 1. The summed E-state index contributed by atoms with van der Waals surface area (Å²) < 4.78 is 11.6. The van der Waals surface area contributed by atoms with Crippen molar-refractivity contribution in [2.45, 2.75) is 31.1 Å². The van der Waals surface area contributed by atoms with Crippen LogP contribution in [0.15, 0.2) is 102 Å². The zero-order valence-electron chi connectivity index (χ0n) is 20.1. The van der Waals surface area contributed by atoms with Crippen LogP contribution in [0.4, 0.5) is 11.4 Å². The molecule has 0 fully saturated rings. The van der Waals surface area contributed by atoms with Crippen molar-refractivity contribution in [3.05, 3.63) is 114 Å². The quantitative estimate of drug-likeness (QED) is 0.370. The Balaban J connectivity index is 1.56. The molecule has 2 N–H and O–H groups in total. The van der Waals surface area contributed by atoms with Gasteiger partial charge >= 0.3 is 5.97 Å². The Morgan fingerprint density at radius 3 is 2.42 bits per heavy atom. The minimum Gasteiger partial charge on any atom is -0.466 e. The fourth-order valence-corrected chi connectivity index (χ4v) is 4.79. The van der Waals surface area contributed by atoms with E-state index in [1.165, 1.54) is 7.11 Å². The van der Waals surface area contributed by atoms with Gasteiger partial charge in [-0.3, -0.25) is 9.78 Å². The molecular weight excluding hydrogens is 454 g/mol. The first-order valence-electron chi connectivity index (χ1n) is 11.8. The Morgan fingerprint density at radius 1 is 1.03 bits per heavy atom. The summed E-state index contributed by atoms with van der Waals surface area (Å²) in [4.78, 5) is 30.9. The number of para-hydroxylation sites is 1. The normalized spacial score (nSPS) is 20.8. The van der Waals surface area contributed by atoms with E-state index in [-0.39, 0.29) is 11.1 Å². The minimum absolute atomic E-state index is 0.208. The molecule has 3 unspecified atom stereocenters. The van der Waals surface area contributed by atoms with Gasteiger partial charge in [0.1, 0.15) is 11.7 Å². The first kappa shape index (κ1) is 23.5. The first-order chi connectivity index (χ1) is 17.5. The highest BCUT2D eigenvalue weighted by Gasteiger charge is 2.58. The molecule has 0 aliphatic carbocycles. The molecule has 2 aliphatic rings. The van der Waals surface area contributed by atoms with E-state index in [4.69, 9.17) is 9.47 Å². The van der Waals surface area contributed by atoms with Gasteiger partial charge in [-0.05, 0) is 49.2 Å². The number of ether oxygens (including phenoxy) is 2. The summed E-state index contributed by atoms with van der Waals surface area (Å²) in [6.07, 6.45) is 5.16. The van der Waals surface area contributed by atoms with Crippen molar-refractivity contribution < 1.29 is 19.1 Å². The van der Waals surface area contributed by atoms with Gasteiger partial charge in [-0.2, -0.15) is 0 Å². The largest absolute Gasteiger partial charge is 0.466 e. The van der Waals surface area contributed by atoms with E-state index in [0.717, 1.165) is 16.9 Å². The Hall–Kier alpha value is -4.23. The molecule has 2 bridgehead atoms. The molecule has 2 aromatic carbocycles. The van der Waals surface area contributed by atoms with E-state index in [2.05, 4.69) is 15.6 Å². The number of nitrogens with zero attached hydrogens (tertiary/aromatic N) is 1. The number of amides is 1. The molecule has 7 heteroatoms. The van der Waals surface area contributed by atoms with Gasteiger partial charge in [-0.1, -0.05) is 54.6 Å².